The molecule has 0 amide bonds. The van der Waals surface area contributed by atoms with E-state index < -0.39 is 0 Å². The monoisotopic (exact) mass is 418 g/mol. The van der Waals surface area contributed by atoms with Crippen LogP contribution < -0.4 is 4.74 Å². The van der Waals surface area contributed by atoms with Crippen molar-refractivity contribution >= 4 is 43.2 Å². The maximum atomic E-state index is 5.64. The lowest BCUT2D eigenvalue weighted by Gasteiger charge is -2.12. The fourth-order valence-electron chi connectivity index (χ4n) is 1.78. The van der Waals surface area contributed by atoms with E-state index in [1.165, 1.54) is 15.3 Å². The Balaban J connectivity index is 2.12. The first-order chi connectivity index (χ1) is 9.61. The highest BCUT2D eigenvalue weighted by molar-refractivity contribution is 9.10. The van der Waals surface area contributed by atoms with E-state index in [2.05, 4.69) is 63.0 Å². The number of hydrogen-bond donors (Lipinski definition) is 0. The van der Waals surface area contributed by atoms with Gasteiger partial charge in [0, 0.05) is 16.9 Å². The van der Waals surface area contributed by atoms with E-state index in [0.717, 1.165) is 10.2 Å². The van der Waals surface area contributed by atoms with Gasteiger partial charge < -0.3 is 9.47 Å². The molecule has 0 aliphatic rings. The summed E-state index contributed by atoms with van der Waals surface area (Å²) >= 11 is 9.13. The van der Waals surface area contributed by atoms with Gasteiger partial charge in [0.05, 0.1) is 15.9 Å². The fourth-order valence-corrected chi connectivity index (χ4v) is 3.89. The van der Waals surface area contributed by atoms with E-state index in [1.54, 1.807) is 7.11 Å². The predicted molar refractivity (Wildman–Crippen MR) is 91.3 cm³/mol. The summed E-state index contributed by atoms with van der Waals surface area (Å²) in [5, 5.41) is 0. The number of halogens is 2. The van der Waals surface area contributed by atoms with Crippen molar-refractivity contribution in [1.29, 1.82) is 0 Å². The van der Waals surface area contributed by atoms with Crippen molar-refractivity contribution in [3.63, 3.8) is 0 Å². The van der Waals surface area contributed by atoms with E-state index in [1.807, 2.05) is 17.4 Å². The quantitative estimate of drug-likeness (QED) is 0.465. The SMILES string of the molecule is COCCOc1ccc(C(Br)c2ccc(C)s2)cc1Br. The normalized spacial score (nSPS) is 12.4. The number of thiophene rings is 1. The molecule has 1 unspecified atom stereocenters. The highest BCUT2D eigenvalue weighted by atomic mass is 79.9. The largest absolute Gasteiger partial charge is 0.490 e. The molecule has 20 heavy (non-hydrogen) atoms. The number of methoxy groups -OCH3 is 1. The number of alkyl halides is 1. The highest BCUT2D eigenvalue weighted by Crippen LogP contribution is 2.38. The Morgan fingerprint density at radius 2 is 2.00 bits per heavy atom. The zero-order valence-corrected chi connectivity index (χ0v) is 15.3. The second kappa shape index (κ2) is 7.59. The van der Waals surface area contributed by atoms with Crippen molar-refractivity contribution in [2.24, 2.45) is 0 Å². The van der Waals surface area contributed by atoms with Gasteiger partial charge in [-0.05, 0) is 52.7 Å². The van der Waals surface area contributed by atoms with E-state index in [9.17, 15) is 0 Å². The summed E-state index contributed by atoms with van der Waals surface area (Å²) in [6.45, 7) is 3.26. The summed E-state index contributed by atoms with van der Waals surface area (Å²) in [6, 6.07) is 10.5. The maximum absolute atomic E-state index is 5.64. The third-order valence-electron chi connectivity index (χ3n) is 2.80. The van der Waals surface area contributed by atoms with Crippen LogP contribution in [0.15, 0.2) is 34.8 Å². The van der Waals surface area contributed by atoms with Crippen LogP contribution in [0.4, 0.5) is 0 Å². The number of benzene rings is 1. The van der Waals surface area contributed by atoms with Crippen LogP contribution in [0.25, 0.3) is 0 Å². The Morgan fingerprint density at radius 1 is 1.20 bits per heavy atom. The van der Waals surface area contributed by atoms with Gasteiger partial charge in [-0.1, -0.05) is 22.0 Å². The number of aryl methyl sites for hydroxylation is 1. The minimum atomic E-state index is 0.213. The molecule has 0 saturated heterocycles. The maximum Gasteiger partial charge on any atom is 0.133 e. The minimum Gasteiger partial charge on any atom is -0.490 e. The predicted octanol–water partition coefficient (Wildman–Crippen LogP) is 5.33. The molecule has 0 aliphatic carbocycles. The zero-order valence-electron chi connectivity index (χ0n) is 11.4. The van der Waals surface area contributed by atoms with Gasteiger partial charge in [-0.25, -0.2) is 0 Å². The van der Waals surface area contributed by atoms with Gasteiger partial charge in [-0.15, -0.1) is 11.3 Å². The molecular weight excluding hydrogens is 404 g/mol. The molecule has 5 heteroatoms. The van der Waals surface area contributed by atoms with Gasteiger partial charge in [-0.3, -0.25) is 0 Å². The van der Waals surface area contributed by atoms with Crippen molar-refractivity contribution < 1.29 is 9.47 Å². The first-order valence-electron chi connectivity index (χ1n) is 6.23. The minimum absolute atomic E-state index is 0.213. The molecule has 1 aromatic carbocycles. The molecule has 0 saturated carbocycles. The average Bonchev–Trinajstić information content (AvgIpc) is 2.86. The molecule has 1 heterocycles. The number of hydrogen-bond acceptors (Lipinski definition) is 3. The van der Waals surface area contributed by atoms with Gasteiger partial charge in [0.1, 0.15) is 12.4 Å². The van der Waals surface area contributed by atoms with E-state index in [4.69, 9.17) is 9.47 Å². The van der Waals surface area contributed by atoms with Crippen molar-refractivity contribution in [3.8, 4) is 5.75 Å². The Hall–Kier alpha value is -0.360. The average molecular weight is 420 g/mol. The Morgan fingerprint density at radius 3 is 2.60 bits per heavy atom. The van der Waals surface area contributed by atoms with Crippen LogP contribution in [0, 0.1) is 6.92 Å². The second-order valence-electron chi connectivity index (χ2n) is 4.34. The molecule has 1 atom stereocenters. The number of rotatable bonds is 6. The Labute approximate surface area is 140 Å². The van der Waals surface area contributed by atoms with E-state index in [0.29, 0.717) is 13.2 Å². The summed E-state index contributed by atoms with van der Waals surface area (Å²) in [6.07, 6.45) is 0. The Kier molecular flexibility index (Phi) is 6.08. The lowest BCUT2D eigenvalue weighted by Crippen LogP contribution is -2.04. The molecule has 0 fully saturated rings. The number of ether oxygens (including phenoxy) is 2. The summed E-state index contributed by atoms with van der Waals surface area (Å²) in [4.78, 5) is 2.84. The summed E-state index contributed by atoms with van der Waals surface area (Å²) in [5.41, 5.74) is 1.21. The molecule has 2 aromatic rings. The fraction of sp³-hybridized carbons (Fsp3) is 0.333. The first kappa shape index (κ1) is 16.0. The molecule has 0 radical (unpaired) electrons. The second-order valence-corrected chi connectivity index (χ2v) is 7.43. The van der Waals surface area contributed by atoms with Crippen molar-refractivity contribution in [2.75, 3.05) is 20.3 Å². The molecule has 0 bridgehead atoms. The van der Waals surface area contributed by atoms with Gasteiger partial charge in [0.15, 0.2) is 0 Å². The molecule has 2 nitrogen and oxygen atoms in total. The smallest absolute Gasteiger partial charge is 0.133 e. The van der Waals surface area contributed by atoms with Crippen LogP contribution in [-0.2, 0) is 4.74 Å². The third-order valence-corrected chi connectivity index (χ3v) is 5.81. The van der Waals surface area contributed by atoms with Crippen LogP contribution in [0.2, 0.25) is 0 Å². The molecule has 0 aliphatic heterocycles. The van der Waals surface area contributed by atoms with Crippen LogP contribution in [0.3, 0.4) is 0 Å². The van der Waals surface area contributed by atoms with E-state index >= 15 is 0 Å². The first-order valence-corrected chi connectivity index (χ1v) is 8.76. The Bertz CT molecular complexity index is 569. The summed E-state index contributed by atoms with van der Waals surface area (Å²) in [7, 11) is 1.67. The topological polar surface area (TPSA) is 18.5 Å². The van der Waals surface area contributed by atoms with Crippen molar-refractivity contribution in [1.82, 2.24) is 0 Å². The zero-order chi connectivity index (χ0) is 14.5. The molecule has 1 aromatic heterocycles. The van der Waals surface area contributed by atoms with Gasteiger partial charge >= 0.3 is 0 Å². The van der Waals surface area contributed by atoms with Crippen LogP contribution in [-0.4, -0.2) is 20.3 Å². The lowest BCUT2D eigenvalue weighted by atomic mass is 10.1. The molecule has 2 rings (SSSR count). The third kappa shape index (κ3) is 4.07. The lowest BCUT2D eigenvalue weighted by molar-refractivity contribution is 0.146. The van der Waals surface area contributed by atoms with Gasteiger partial charge in [0.25, 0.3) is 0 Å². The van der Waals surface area contributed by atoms with Gasteiger partial charge in [-0.2, -0.15) is 0 Å². The van der Waals surface area contributed by atoms with Crippen molar-refractivity contribution in [3.05, 3.63) is 50.1 Å². The molecular formula is C15H16Br2O2S. The van der Waals surface area contributed by atoms with E-state index in [-0.39, 0.29) is 4.83 Å². The standard InChI is InChI=1S/C15H16Br2O2S/c1-10-3-6-14(20-10)15(17)11-4-5-13(12(16)9-11)19-8-7-18-2/h3-6,9,15H,7-8H2,1-2H3. The molecule has 0 N–H and O–H groups in total. The van der Waals surface area contributed by atoms with Crippen molar-refractivity contribution in [2.45, 2.75) is 11.8 Å². The van der Waals surface area contributed by atoms with Crippen LogP contribution in [0.5, 0.6) is 5.75 Å². The molecule has 108 valence electrons. The summed E-state index contributed by atoms with van der Waals surface area (Å²) < 4.78 is 11.6. The van der Waals surface area contributed by atoms with Crippen LogP contribution in [0.1, 0.15) is 20.1 Å². The highest BCUT2D eigenvalue weighted by Gasteiger charge is 2.14. The summed E-state index contributed by atoms with van der Waals surface area (Å²) in [5.74, 6) is 0.841. The van der Waals surface area contributed by atoms with Crippen LogP contribution >= 0.6 is 43.2 Å². The van der Waals surface area contributed by atoms with Gasteiger partial charge in [0.2, 0.25) is 0 Å². The molecule has 0 spiro atoms.